The number of imide groups is 1. The first kappa shape index (κ1) is 22.0. The first-order valence-electron chi connectivity index (χ1n) is 11.0. The minimum Gasteiger partial charge on any atom is -0.494 e. The lowest BCUT2D eigenvalue weighted by molar-refractivity contribution is -0.120. The summed E-state index contributed by atoms with van der Waals surface area (Å²) in [4.78, 5) is 29.9. The van der Waals surface area contributed by atoms with E-state index in [1.165, 1.54) is 18.2 Å². The number of carbonyl (C=O) groups is 2. The zero-order chi connectivity index (χ0) is 22.7. The summed E-state index contributed by atoms with van der Waals surface area (Å²) in [6.45, 7) is 3.74. The number of piperidine rings is 1. The van der Waals surface area contributed by atoms with Crippen molar-refractivity contribution in [2.24, 2.45) is 5.92 Å². The first-order valence-corrected chi connectivity index (χ1v) is 11.0. The molecule has 2 aromatic carbocycles. The fraction of sp³-hybridized carbons (Fsp3) is 0.360. The maximum absolute atomic E-state index is 13.9. The van der Waals surface area contributed by atoms with E-state index in [1.807, 2.05) is 11.8 Å². The van der Waals surface area contributed by atoms with Gasteiger partial charge in [0, 0.05) is 19.7 Å². The number of likely N-dealkylation sites (tertiary alicyclic amines) is 1. The summed E-state index contributed by atoms with van der Waals surface area (Å²) in [5.74, 6) is -0.749. The lowest BCUT2D eigenvalue weighted by Crippen LogP contribution is -2.40. The third kappa shape index (κ3) is 4.25. The first-order chi connectivity index (χ1) is 15.5. The minimum atomic E-state index is -0.520. The van der Waals surface area contributed by atoms with Crippen LogP contribution >= 0.6 is 0 Å². The van der Waals surface area contributed by atoms with E-state index in [9.17, 15) is 19.1 Å². The van der Waals surface area contributed by atoms with Gasteiger partial charge in [-0.25, -0.2) is 9.29 Å². The standard InChI is InChI=1S/C25H27FN2O4/c1-2-13-32-21-10-8-18(9-11-21)22-23(27-12-4-5-17(15-27)16-29)25(31)28(24(22)30)20-7-3-6-19(26)14-20/h3,6-11,14,17,29H,2,4-5,12-13,15-16H2,1H3. The summed E-state index contributed by atoms with van der Waals surface area (Å²) in [5, 5.41) is 9.65. The molecule has 2 aliphatic heterocycles. The van der Waals surface area contributed by atoms with Crippen molar-refractivity contribution in [3.8, 4) is 5.75 Å². The Morgan fingerprint density at radius 1 is 1.12 bits per heavy atom. The van der Waals surface area contributed by atoms with Crippen LogP contribution in [0.25, 0.3) is 5.57 Å². The van der Waals surface area contributed by atoms with Gasteiger partial charge in [0.1, 0.15) is 17.3 Å². The molecule has 7 heteroatoms. The lowest BCUT2D eigenvalue weighted by atomic mass is 9.97. The van der Waals surface area contributed by atoms with Gasteiger partial charge in [-0.15, -0.1) is 0 Å². The summed E-state index contributed by atoms with van der Waals surface area (Å²) in [5.41, 5.74) is 1.40. The number of nitrogens with zero attached hydrogens (tertiary/aromatic N) is 2. The van der Waals surface area contributed by atoms with Crippen molar-refractivity contribution in [3.63, 3.8) is 0 Å². The van der Waals surface area contributed by atoms with Gasteiger partial charge < -0.3 is 14.7 Å². The number of aliphatic hydroxyl groups excluding tert-OH is 1. The van der Waals surface area contributed by atoms with Gasteiger partial charge in [0.15, 0.2) is 0 Å². The number of halogens is 1. The predicted molar refractivity (Wildman–Crippen MR) is 119 cm³/mol. The fourth-order valence-electron chi connectivity index (χ4n) is 4.28. The molecule has 0 saturated carbocycles. The highest BCUT2D eigenvalue weighted by Gasteiger charge is 2.43. The third-order valence-electron chi connectivity index (χ3n) is 5.84. The average Bonchev–Trinajstić information content (AvgIpc) is 3.08. The van der Waals surface area contributed by atoms with Gasteiger partial charge in [-0.1, -0.05) is 25.1 Å². The average molecular weight is 438 g/mol. The van der Waals surface area contributed by atoms with Crippen molar-refractivity contribution in [2.75, 3.05) is 31.2 Å². The van der Waals surface area contributed by atoms with E-state index in [1.54, 1.807) is 30.3 Å². The number of anilines is 1. The number of hydrogen-bond donors (Lipinski definition) is 1. The number of benzene rings is 2. The molecule has 2 aromatic rings. The Balaban J connectivity index is 1.76. The highest BCUT2D eigenvalue weighted by molar-refractivity contribution is 6.45. The normalized spacial score (nSPS) is 19.2. The van der Waals surface area contributed by atoms with Crippen molar-refractivity contribution in [2.45, 2.75) is 26.2 Å². The number of carbonyl (C=O) groups excluding carboxylic acids is 2. The molecule has 1 N–H and O–H groups in total. The summed E-state index contributed by atoms with van der Waals surface area (Å²) >= 11 is 0. The summed E-state index contributed by atoms with van der Waals surface area (Å²) in [7, 11) is 0. The largest absolute Gasteiger partial charge is 0.494 e. The van der Waals surface area contributed by atoms with Crippen LogP contribution in [0.1, 0.15) is 31.7 Å². The molecule has 4 rings (SSSR count). The summed E-state index contributed by atoms with van der Waals surface area (Å²) < 4.78 is 19.5. The second kappa shape index (κ2) is 9.53. The highest BCUT2D eigenvalue weighted by atomic mass is 19.1. The topological polar surface area (TPSA) is 70.1 Å². The Bertz CT molecular complexity index is 1030. The molecule has 168 valence electrons. The van der Waals surface area contributed by atoms with Crippen molar-refractivity contribution in [1.82, 2.24) is 4.90 Å². The second-order valence-electron chi connectivity index (χ2n) is 8.16. The molecule has 1 atom stereocenters. The monoisotopic (exact) mass is 438 g/mol. The van der Waals surface area contributed by atoms with E-state index < -0.39 is 17.6 Å². The van der Waals surface area contributed by atoms with Crippen LogP contribution in [0.4, 0.5) is 10.1 Å². The molecule has 2 heterocycles. The maximum Gasteiger partial charge on any atom is 0.282 e. The lowest BCUT2D eigenvalue weighted by Gasteiger charge is -2.34. The quantitative estimate of drug-likeness (QED) is 0.669. The molecular formula is C25H27FN2O4. The Labute approximate surface area is 186 Å². The summed E-state index contributed by atoms with van der Waals surface area (Å²) in [6.07, 6.45) is 2.57. The van der Waals surface area contributed by atoms with E-state index in [-0.39, 0.29) is 18.2 Å². The van der Waals surface area contributed by atoms with Crippen LogP contribution in [0.15, 0.2) is 54.2 Å². The zero-order valence-electron chi connectivity index (χ0n) is 18.1. The zero-order valence-corrected chi connectivity index (χ0v) is 18.1. The molecule has 32 heavy (non-hydrogen) atoms. The molecule has 0 aromatic heterocycles. The Morgan fingerprint density at radius 3 is 2.59 bits per heavy atom. The smallest absolute Gasteiger partial charge is 0.282 e. The molecule has 6 nitrogen and oxygen atoms in total. The molecule has 2 aliphatic rings. The van der Waals surface area contributed by atoms with Crippen LogP contribution in [0.3, 0.4) is 0 Å². The van der Waals surface area contributed by atoms with Crippen LogP contribution < -0.4 is 9.64 Å². The van der Waals surface area contributed by atoms with E-state index in [2.05, 4.69) is 0 Å². The van der Waals surface area contributed by atoms with Gasteiger partial charge in [0.25, 0.3) is 11.8 Å². The van der Waals surface area contributed by atoms with Gasteiger partial charge in [0.2, 0.25) is 0 Å². The molecular weight excluding hydrogens is 411 g/mol. The Kier molecular flexibility index (Phi) is 6.55. The molecule has 1 saturated heterocycles. The predicted octanol–water partition coefficient (Wildman–Crippen LogP) is 3.60. The highest BCUT2D eigenvalue weighted by Crippen LogP contribution is 2.37. The number of hydrogen-bond acceptors (Lipinski definition) is 5. The van der Waals surface area contributed by atoms with Crippen molar-refractivity contribution in [1.29, 1.82) is 0 Å². The number of rotatable bonds is 7. The molecule has 1 unspecified atom stereocenters. The number of ether oxygens (including phenoxy) is 1. The number of aliphatic hydroxyl groups is 1. The molecule has 0 bridgehead atoms. The Morgan fingerprint density at radius 2 is 1.91 bits per heavy atom. The molecule has 2 amide bonds. The molecule has 1 fully saturated rings. The van der Waals surface area contributed by atoms with Gasteiger partial charge in [-0.2, -0.15) is 0 Å². The van der Waals surface area contributed by atoms with Crippen LogP contribution in [0.5, 0.6) is 5.75 Å². The van der Waals surface area contributed by atoms with Crippen LogP contribution in [0.2, 0.25) is 0 Å². The Hall–Kier alpha value is -3.19. The van der Waals surface area contributed by atoms with Crippen molar-refractivity contribution in [3.05, 3.63) is 65.6 Å². The minimum absolute atomic E-state index is 0.0261. The van der Waals surface area contributed by atoms with E-state index in [0.29, 0.717) is 42.3 Å². The van der Waals surface area contributed by atoms with E-state index in [4.69, 9.17) is 4.74 Å². The summed E-state index contributed by atoms with van der Waals surface area (Å²) in [6, 6.07) is 12.6. The van der Waals surface area contributed by atoms with Crippen molar-refractivity contribution < 1.29 is 23.8 Å². The number of amides is 2. The van der Waals surface area contributed by atoms with Crippen LogP contribution in [-0.4, -0.2) is 48.1 Å². The van der Waals surface area contributed by atoms with Gasteiger partial charge >= 0.3 is 0 Å². The third-order valence-corrected chi connectivity index (χ3v) is 5.84. The van der Waals surface area contributed by atoms with Crippen LogP contribution in [0, 0.1) is 11.7 Å². The van der Waals surface area contributed by atoms with Crippen LogP contribution in [-0.2, 0) is 9.59 Å². The second-order valence-corrected chi connectivity index (χ2v) is 8.16. The van der Waals surface area contributed by atoms with Crippen molar-refractivity contribution >= 4 is 23.1 Å². The molecule has 0 spiro atoms. The SMILES string of the molecule is CCCOc1ccc(C2=C(N3CCCC(CO)C3)C(=O)N(c3cccc(F)c3)C2=O)cc1. The maximum atomic E-state index is 13.9. The van der Waals surface area contributed by atoms with Gasteiger partial charge in [-0.3, -0.25) is 9.59 Å². The van der Waals surface area contributed by atoms with Gasteiger partial charge in [0.05, 0.1) is 17.9 Å². The molecule has 0 aliphatic carbocycles. The molecule has 0 radical (unpaired) electrons. The van der Waals surface area contributed by atoms with Gasteiger partial charge in [-0.05, 0) is 61.1 Å². The van der Waals surface area contributed by atoms with E-state index in [0.717, 1.165) is 24.2 Å². The van der Waals surface area contributed by atoms with E-state index >= 15 is 0 Å². The fourth-order valence-corrected chi connectivity index (χ4v) is 4.28.